The number of hydrogen-bond acceptors (Lipinski definition) is 6. The fourth-order valence-electron chi connectivity index (χ4n) is 1.51. The number of amides is 1. The van der Waals surface area contributed by atoms with Crippen LogP contribution < -0.4 is 5.32 Å². The molecule has 1 aromatic rings. The average Bonchev–Trinajstić information content (AvgIpc) is 2.71. The maximum atomic E-state index is 12.0. The Balaban J connectivity index is 2.64. The molecule has 0 aliphatic rings. The molecule has 0 aromatic carbocycles. The number of carbonyl (C=O) groups excluding carboxylic acids is 2. The van der Waals surface area contributed by atoms with Gasteiger partial charge < -0.3 is 14.8 Å². The fraction of sp³-hybridized carbons (Fsp3) is 0.583. The molecule has 0 saturated carbocycles. The van der Waals surface area contributed by atoms with Gasteiger partial charge in [0.05, 0.1) is 12.3 Å². The van der Waals surface area contributed by atoms with Crippen LogP contribution in [0.3, 0.4) is 0 Å². The predicted molar refractivity (Wildman–Crippen MR) is 80.9 cm³/mol. The maximum absolute atomic E-state index is 12.0. The second-order valence-corrected chi connectivity index (χ2v) is 6.19. The monoisotopic (exact) mass is 354 g/mol. The summed E-state index contributed by atoms with van der Waals surface area (Å²) in [5, 5.41) is 2.51. The third kappa shape index (κ3) is 6.60. The molecule has 1 heterocycles. The van der Waals surface area contributed by atoms with Crippen molar-refractivity contribution in [2.75, 3.05) is 19.8 Å². The summed E-state index contributed by atoms with van der Waals surface area (Å²) in [4.78, 5) is 27.2. The number of nitrogens with zero attached hydrogens (tertiary/aromatic N) is 1. The Morgan fingerprint density at radius 3 is 2.62 bits per heavy atom. The molecule has 9 heteroatoms. The minimum Gasteiger partial charge on any atom is -0.462 e. The number of nitrogens with one attached hydrogen (secondary N) is 1. The summed E-state index contributed by atoms with van der Waals surface area (Å²) in [6.07, 6.45) is 0.120. The summed E-state index contributed by atoms with van der Waals surface area (Å²) in [6.45, 7) is 4.12. The van der Waals surface area contributed by atoms with E-state index in [0.717, 1.165) is 11.3 Å². The number of halogens is 2. The molecule has 1 amide bonds. The molecule has 1 aromatic heterocycles. The van der Waals surface area contributed by atoms with Crippen molar-refractivity contribution in [3.8, 4) is 0 Å². The zero-order chi connectivity index (χ0) is 15.8. The van der Waals surface area contributed by atoms with E-state index in [-0.39, 0.29) is 23.4 Å². The van der Waals surface area contributed by atoms with Crippen molar-refractivity contribution >= 4 is 46.4 Å². The lowest BCUT2D eigenvalue weighted by Gasteiger charge is -2.16. The summed E-state index contributed by atoms with van der Waals surface area (Å²) in [6, 6.07) is -0.861. The first kappa shape index (κ1) is 18.2. The zero-order valence-corrected chi connectivity index (χ0v) is 14.0. The van der Waals surface area contributed by atoms with Crippen molar-refractivity contribution in [3.63, 3.8) is 0 Å². The molecule has 118 valence electrons. The molecule has 0 bridgehead atoms. The number of esters is 1. The third-order valence-electron chi connectivity index (χ3n) is 2.36. The first-order valence-electron chi connectivity index (χ1n) is 6.26. The molecule has 6 nitrogen and oxygen atoms in total. The molecule has 1 atom stereocenters. The van der Waals surface area contributed by atoms with E-state index in [1.807, 2.05) is 6.92 Å². The minimum absolute atomic E-state index is 0.119. The van der Waals surface area contributed by atoms with Gasteiger partial charge >= 0.3 is 5.97 Å². The SMILES string of the molecule is CCOCCOC(=O)C(Cc1nc(Cl)sc1Cl)NC(C)=O. The first-order valence-corrected chi connectivity index (χ1v) is 7.83. The Hall–Kier alpha value is -0.890. The molecule has 1 N–H and O–H groups in total. The lowest BCUT2D eigenvalue weighted by Crippen LogP contribution is -2.42. The van der Waals surface area contributed by atoms with Crippen LogP contribution in [0.5, 0.6) is 0 Å². The quantitative estimate of drug-likeness (QED) is 0.571. The highest BCUT2D eigenvalue weighted by Crippen LogP contribution is 2.28. The van der Waals surface area contributed by atoms with Crippen molar-refractivity contribution in [2.24, 2.45) is 0 Å². The number of aromatic nitrogens is 1. The molecular formula is C12H16Cl2N2O4S. The third-order valence-corrected chi connectivity index (χ3v) is 3.80. The molecule has 0 saturated heterocycles. The van der Waals surface area contributed by atoms with Crippen molar-refractivity contribution in [3.05, 3.63) is 14.5 Å². The molecule has 0 aliphatic heterocycles. The molecule has 0 aliphatic carbocycles. The summed E-state index contributed by atoms with van der Waals surface area (Å²) < 4.78 is 10.8. The van der Waals surface area contributed by atoms with Gasteiger partial charge in [-0.3, -0.25) is 4.79 Å². The second kappa shape index (κ2) is 9.19. The van der Waals surface area contributed by atoms with Gasteiger partial charge in [0.1, 0.15) is 17.0 Å². The van der Waals surface area contributed by atoms with Crippen LogP contribution in [0.2, 0.25) is 8.80 Å². The van der Waals surface area contributed by atoms with Gasteiger partial charge in [0, 0.05) is 20.0 Å². The highest BCUT2D eigenvalue weighted by Gasteiger charge is 2.24. The lowest BCUT2D eigenvalue weighted by atomic mass is 10.1. The topological polar surface area (TPSA) is 77.5 Å². The van der Waals surface area contributed by atoms with Gasteiger partial charge in [-0.15, -0.1) is 0 Å². The Morgan fingerprint density at radius 2 is 2.10 bits per heavy atom. The smallest absolute Gasteiger partial charge is 0.329 e. The summed E-state index contributed by atoms with van der Waals surface area (Å²) in [5.74, 6) is -0.913. The van der Waals surface area contributed by atoms with E-state index in [4.69, 9.17) is 32.7 Å². The molecule has 1 rings (SSSR count). The number of hydrogen-bond donors (Lipinski definition) is 1. The van der Waals surface area contributed by atoms with Crippen LogP contribution in [-0.2, 0) is 25.5 Å². The van der Waals surface area contributed by atoms with Gasteiger partial charge in [-0.25, -0.2) is 9.78 Å². The summed E-state index contributed by atoms with van der Waals surface area (Å²) in [5.41, 5.74) is 0.451. The van der Waals surface area contributed by atoms with Crippen LogP contribution in [0.4, 0.5) is 0 Å². The summed E-state index contributed by atoms with van der Waals surface area (Å²) in [7, 11) is 0. The highest BCUT2D eigenvalue weighted by molar-refractivity contribution is 7.19. The molecule has 0 spiro atoms. The van der Waals surface area contributed by atoms with Crippen LogP contribution in [0.15, 0.2) is 0 Å². The van der Waals surface area contributed by atoms with Gasteiger partial charge in [0.15, 0.2) is 4.47 Å². The average molecular weight is 355 g/mol. The molecule has 1 unspecified atom stereocenters. The van der Waals surface area contributed by atoms with Crippen LogP contribution >= 0.6 is 34.5 Å². The van der Waals surface area contributed by atoms with E-state index in [0.29, 0.717) is 23.2 Å². The van der Waals surface area contributed by atoms with E-state index in [1.165, 1.54) is 6.92 Å². The van der Waals surface area contributed by atoms with Crippen LogP contribution in [0.25, 0.3) is 0 Å². The maximum Gasteiger partial charge on any atom is 0.329 e. The van der Waals surface area contributed by atoms with Gasteiger partial charge in [0.2, 0.25) is 5.91 Å². The van der Waals surface area contributed by atoms with E-state index in [2.05, 4.69) is 10.3 Å². The molecular weight excluding hydrogens is 339 g/mol. The normalized spacial score (nSPS) is 12.0. The number of carbonyl (C=O) groups is 2. The molecule has 21 heavy (non-hydrogen) atoms. The summed E-state index contributed by atoms with van der Waals surface area (Å²) >= 11 is 12.8. The van der Waals surface area contributed by atoms with Gasteiger partial charge in [0.25, 0.3) is 0 Å². The largest absolute Gasteiger partial charge is 0.462 e. The van der Waals surface area contributed by atoms with Crippen molar-refractivity contribution in [2.45, 2.75) is 26.3 Å². The number of thiazole rings is 1. The zero-order valence-electron chi connectivity index (χ0n) is 11.7. The minimum atomic E-state index is -0.861. The van der Waals surface area contributed by atoms with Gasteiger partial charge in [-0.05, 0) is 6.92 Å². The van der Waals surface area contributed by atoms with Crippen LogP contribution in [0, 0.1) is 0 Å². The van der Waals surface area contributed by atoms with Crippen LogP contribution in [0.1, 0.15) is 19.5 Å². The first-order chi connectivity index (χ1) is 9.93. The Kier molecular flexibility index (Phi) is 7.95. The molecule has 0 radical (unpaired) electrons. The van der Waals surface area contributed by atoms with Crippen molar-refractivity contribution in [1.29, 1.82) is 0 Å². The Labute approximate surface area is 136 Å². The Morgan fingerprint density at radius 1 is 1.38 bits per heavy atom. The van der Waals surface area contributed by atoms with E-state index in [1.54, 1.807) is 0 Å². The van der Waals surface area contributed by atoms with E-state index >= 15 is 0 Å². The Bertz CT molecular complexity index is 496. The second-order valence-electron chi connectivity index (χ2n) is 4.01. The number of ether oxygens (including phenoxy) is 2. The van der Waals surface area contributed by atoms with E-state index < -0.39 is 12.0 Å². The predicted octanol–water partition coefficient (Wildman–Crippen LogP) is 2.08. The highest BCUT2D eigenvalue weighted by atomic mass is 35.5. The number of rotatable bonds is 8. The van der Waals surface area contributed by atoms with Gasteiger partial charge in [-0.1, -0.05) is 34.5 Å². The lowest BCUT2D eigenvalue weighted by molar-refractivity contribution is -0.149. The van der Waals surface area contributed by atoms with Crippen molar-refractivity contribution < 1.29 is 19.1 Å². The fourth-order valence-corrected chi connectivity index (χ4v) is 2.85. The van der Waals surface area contributed by atoms with E-state index in [9.17, 15) is 9.59 Å². The van der Waals surface area contributed by atoms with Crippen molar-refractivity contribution in [1.82, 2.24) is 10.3 Å². The molecule has 0 fully saturated rings. The van der Waals surface area contributed by atoms with Crippen LogP contribution in [-0.4, -0.2) is 42.7 Å². The van der Waals surface area contributed by atoms with Gasteiger partial charge in [-0.2, -0.15) is 0 Å². The standard InChI is InChI=1S/C12H16Cl2N2O4S/c1-3-19-4-5-20-11(18)9(15-7(2)17)6-8-10(13)21-12(14)16-8/h9H,3-6H2,1-2H3,(H,15,17).